The van der Waals surface area contributed by atoms with Crippen LogP contribution in [0.25, 0.3) is 0 Å². The highest BCUT2D eigenvalue weighted by atomic mass is 16.5. The number of allylic oxidation sites excluding steroid dienone is 2. The lowest BCUT2D eigenvalue weighted by Crippen LogP contribution is -2.47. The molecular formula is C23H38N2O5. The van der Waals surface area contributed by atoms with Crippen molar-refractivity contribution in [1.29, 1.82) is 0 Å². The summed E-state index contributed by atoms with van der Waals surface area (Å²) in [6, 6.07) is -0.536. The molecule has 7 heteroatoms. The molecule has 30 heavy (non-hydrogen) atoms. The molecule has 0 aromatic heterocycles. The number of hydrogen-bond donors (Lipinski definition) is 3. The average Bonchev–Trinajstić information content (AvgIpc) is 3.30. The monoisotopic (exact) mass is 422 g/mol. The number of hydrogen-bond acceptors (Lipinski definition) is 4. The zero-order chi connectivity index (χ0) is 21.9. The van der Waals surface area contributed by atoms with E-state index in [9.17, 15) is 14.4 Å². The Balaban J connectivity index is 1.74. The zero-order valence-electron chi connectivity index (χ0n) is 18.4. The predicted molar refractivity (Wildman–Crippen MR) is 115 cm³/mol. The van der Waals surface area contributed by atoms with Gasteiger partial charge in [-0.15, -0.1) is 0 Å². The van der Waals surface area contributed by atoms with Crippen LogP contribution in [0.15, 0.2) is 12.2 Å². The van der Waals surface area contributed by atoms with Gasteiger partial charge in [0.2, 0.25) is 11.8 Å². The second-order valence-electron chi connectivity index (χ2n) is 8.60. The quantitative estimate of drug-likeness (QED) is 0.295. The van der Waals surface area contributed by atoms with Crippen LogP contribution < -0.4 is 10.6 Å². The van der Waals surface area contributed by atoms with Gasteiger partial charge in [-0.2, -0.15) is 0 Å². The summed E-state index contributed by atoms with van der Waals surface area (Å²) in [5.41, 5.74) is 0. The van der Waals surface area contributed by atoms with Gasteiger partial charge in [-0.25, -0.2) is 0 Å². The van der Waals surface area contributed by atoms with Crippen LogP contribution in [0.1, 0.15) is 78.1 Å². The highest BCUT2D eigenvalue weighted by Crippen LogP contribution is 2.44. The summed E-state index contributed by atoms with van der Waals surface area (Å²) in [6.07, 6.45) is 12.6. The molecule has 0 radical (unpaired) electrons. The normalized spacial score (nSPS) is 26.1. The number of carboxylic acids is 1. The summed E-state index contributed by atoms with van der Waals surface area (Å²) in [4.78, 5) is 34.9. The minimum absolute atomic E-state index is 0.0692. The van der Waals surface area contributed by atoms with Gasteiger partial charge in [0.25, 0.3) is 0 Å². The van der Waals surface area contributed by atoms with Crippen molar-refractivity contribution in [3.8, 4) is 0 Å². The van der Waals surface area contributed by atoms with Gasteiger partial charge < -0.3 is 20.5 Å². The van der Waals surface area contributed by atoms with Crippen molar-refractivity contribution in [1.82, 2.24) is 10.6 Å². The van der Waals surface area contributed by atoms with Crippen molar-refractivity contribution in [3.05, 3.63) is 12.2 Å². The molecule has 3 N–H and O–H groups in total. The number of ether oxygens (including phenoxy) is 1. The number of unbranched alkanes of at least 4 members (excludes halogenated alkanes) is 3. The number of fused-ring (bicyclic) bond motifs is 2. The molecule has 2 fully saturated rings. The van der Waals surface area contributed by atoms with Crippen molar-refractivity contribution < 1.29 is 24.2 Å². The molecular weight excluding hydrogens is 384 g/mol. The van der Waals surface area contributed by atoms with Crippen molar-refractivity contribution in [2.75, 3.05) is 6.54 Å². The molecule has 170 valence electrons. The lowest BCUT2D eigenvalue weighted by molar-refractivity contribution is -0.137. The fraction of sp³-hybridized carbons (Fsp3) is 0.783. The Morgan fingerprint density at radius 1 is 1.07 bits per heavy atom. The number of carbonyl (C=O) groups excluding carboxylic acids is 2. The maximum Gasteiger partial charge on any atom is 0.303 e. The molecule has 0 aromatic rings. The Labute approximate surface area is 180 Å². The molecule has 2 amide bonds. The minimum atomic E-state index is -0.757. The van der Waals surface area contributed by atoms with Crippen molar-refractivity contribution in [2.24, 2.45) is 11.8 Å². The van der Waals surface area contributed by atoms with Gasteiger partial charge in [0.05, 0.1) is 12.2 Å². The first kappa shape index (κ1) is 24.4. The predicted octanol–water partition coefficient (Wildman–Crippen LogP) is 3.18. The minimum Gasteiger partial charge on any atom is -0.481 e. The molecule has 0 saturated carbocycles. The first-order valence-electron chi connectivity index (χ1n) is 11.5. The standard InChI is InChI=1S/C23H38N2O5/c1-3-4-7-11-21(26)25-16(2)23(29)24-15-18-17(19-13-14-20(18)30-19)10-8-5-6-9-12-22(27)28/h5,8,16-20H,3-4,6-7,9-15H2,1-2H3,(H,24,29)(H,25,26)(H,27,28)/b8-5-/t16-,17+,18?,19-,20+/m0/s1. The summed E-state index contributed by atoms with van der Waals surface area (Å²) in [7, 11) is 0. The first-order chi connectivity index (χ1) is 14.4. The second kappa shape index (κ2) is 12.7. The van der Waals surface area contributed by atoms with E-state index in [1.807, 2.05) is 0 Å². The van der Waals surface area contributed by atoms with Crippen molar-refractivity contribution in [3.63, 3.8) is 0 Å². The van der Waals surface area contributed by atoms with Crippen LogP contribution >= 0.6 is 0 Å². The van der Waals surface area contributed by atoms with E-state index in [1.54, 1.807) is 6.92 Å². The fourth-order valence-corrected chi connectivity index (χ4v) is 4.51. The van der Waals surface area contributed by atoms with Gasteiger partial charge in [0.15, 0.2) is 0 Å². The van der Waals surface area contributed by atoms with Crippen LogP contribution in [0, 0.1) is 11.8 Å². The summed E-state index contributed by atoms with van der Waals surface area (Å²) < 4.78 is 6.09. The molecule has 2 aliphatic heterocycles. The molecule has 5 atom stereocenters. The topological polar surface area (TPSA) is 105 Å². The number of carbonyl (C=O) groups is 3. The number of aliphatic carboxylic acids is 1. The molecule has 0 aromatic carbocycles. The van der Waals surface area contributed by atoms with Crippen molar-refractivity contribution >= 4 is 17.8 Å². The zero-order valence-corrected chi connectivity index (χ0v) is 18.4. The van der Waals surface area contributed by atoms with Crippen LogP contribution in [-0.4, -0.2) is 47.7 Å². The third-order valence-corrected chi connectivity index (χ3v) is 6.22. The maximum atomic E-state index is 12.4. The highest BCUT2D eigenvalue weighted by Gasteiger charge is 2.48. The molecule has 2 bridgehead atoms. The summed E-state index contributed by atoms with van der Waals surface area (Å²) in [5, 5.41) is 14.5. The Kier molecular flexibility index (Phi) is 10.3. The molecule has 2 saturated heterocycles. The summed E-state index contributed by atoms with van der Waals surface area (Å²) in [6.45, 7) is 4.38. The SMILES string of the molecule is CCCCCC(=O)N[C@@H](C)C(=O)NCC1[C@@H](C/C=C\CCCC(=O)O)[C@@H]2CC[C@H]1O2. The fourth-order valence-electron chi connectivity index (χ4n) is 4.51. The van der Waals surface area contributed by atoms with Gasteiger partial charge in [-0.05, 0) is 51.4 Å². The average molecular weight is 423 g/mol. The number of nitrogens with one attached hydrogen (secondary N) is 2. The largest absolute Gasteiger partial charge is 0.481 e. The molecule has 2 rings (SSSR count). The summed E-state index contributed by atoms with van der Waals surface area (Å²) >= 11 is 0. The summed E-state index contributed by atoms with van der Waals surface area (Å²) in [5.74, 6) is -0.320. The first-order valence-corrected chi connectivity index (χ1v) is 11.5. The van der Waals surface area contributed by atoms with E-state index in [0.29, 0.717) is 25.3 Å². The molecule has 2 aliphatic rings. The van der Waals surface area contributed by atoms with Crippen LogP contribution in [0.3, 0.4) is 0 Å². The number of carboxylic acid groups (broad SMARTS) is 1. The lowest BCUT2D eigenvalue weighted by atomic mass is 9.77. The number of rotatable bonds is 14. The van der Waals surface area contributed by atoms with Gasteiger partial charge in [0.1, 0.15) is 6.04 Å². The van der Waals surface area contributed by atoms with Gasteiger partial charge in [-0.1, -0.05) is 31.9 Å². The molecule has 0 spiro atoms. The lowest BCUT2D eigenvalue weighted by Gasteiger charge is -2.28. The second-order valence-corrected chi connectivity index (χ2v) is 8.60. The maximum absolute atomic E-state index is 12.4. The molecule has 7 nitrogen and oxygen atoms in total. The van der Waals surface area contributed by atoms with E-state index in [0.717, 1.165) is 44.9 Å². The number of amides is 2. The molecule has 0 aliphatic carbocycles. The van der Waals surface area contributed by atoms with Crippen molar-refractivity contribution in [2.45, 2.75) is 96.3 Å². The van der Waals surface area contributed by atoms with Crippen LogP contribution in [0.4, 0.5) is 0 Å². The Morgan fingerprint density at radius 2 is 1.80 bits per heavy atom. The van der Waals surface area contributed by atoms with E-state index in [1.165, 1.54) is 0 Å². The van der Waals surface area contributed by atoms with E-state index in [-0.39, 0.29) is 36.4 Å². The van der Waals surface area contributed by atoms with Gasteiger partial charge >= 0.3 is 5.97 Å². The van der Waals surface area contributed by atoms with Gasteiger partial charge in [-0.3, -0.25) is 14.4 Å². The Hall–Kier alpha value is -1.89. The smallest absolute Gasteiger partial charge is 0.303 e. The van der Waals surface area contributed by atoms with Crippen LogP contribution in [-0.2, 0) is 19.1 Å². The molecule has 1 unspecified atom stereocenters. The van der Waals surface area contributed by atoms with E-state index < -0.39 is 12.0 Å². The third kappa shape index (κ3) is 7.74. The van der Waals surface area contributed by atoms with E-state index >= 15 is 0 Å². The Morgan fingerprint density at radius 3 is 2.50 bits per heavy atom. The third-order valence-electron chi connectivity index (χ3n) is 6.22. The molecule has 2 heterocycles. The van der Waals surface area contributed by atoms with Crippen LogP contribution in [0.2, 0.25) is 0 Å². The Bertz CT molecular complexity index is 606. The van der Waals surface area contributed by atoms with E-state index in [2.05, 4.69) is 29.7 Å². The van der Waals surface area contributed by atoms with E-state index in [4.69, 9.17) is 9.84 Å². The van der Waals surface area contributed by atoms with Gasteiger partial charge in [0, 0.05) is 25.3 Å². The van der Waals surface area contributed by atoms with Crippen LogP contribution in [0.5, 0.6) is 0 Å². The highest BCUT2D eigenvalue weighted by molar-refractivity contribution is 5.87.